The topological polar surface area (TPSA) is 51.8 Å². The summed E-state index contributed by atoms with van der Waals surface area (Å²) in [5.41, 5.74) is 3.21. The van der Waals surface area contributed by atoms with E-state index in [1.54, 1.807) is 24.4 Å². The van der Waals surface area contributed by atoms with Crippen LogP contribution in [-0.2, 0) is 0 Å². The number of hydrogen-bond donors (Lipinski definition) is 0. The molecule has 3 aromatic rings. The molecule has 0 N–H and O–H groups in total. The molecular formula is C21H16FN3O. The molecule has 0 radical (unpaired) electrons. The predicted molar refractivity (Wildman–Crippen MR) is 95.6 cm³/mol. The van der Waals surface area contributed by atoms with Gasteiger partial charge in [0.2, 0.25) is 11.7 Å². The summed E-state index contributed by atoms with van der Waals surface area (Å²) in [4.78, 5) is 8.83. The van der Waals surface area contributed by atoms with Gasteiger partial charge >= 0.3 is 0 Å². The van der Waals surface area contributed by atoms with E-state index in [0.717, 1.165) is 24.8 Å². The van der Waals surface area contributed by atoms with E-state index in [1.807, 2.05) is 6.07 Å². The van der Waals surface area contributed by atoms with Crippen LogP contribution in [0, 0.1) is 17.7 Å². The number of nitrogens with zero attached hydrogens (tertiary/aromatic N) is 3. The fourth-order valence-corrected chi connectivity index (χ4v) is 2.96. The molecule has 1 fully saturated rings. The lowest BCUT2D eigenvalue weighted by molar-refractivity contribution is 0.355. The highest BCUT2D eigenvalue weighted by molar-refractivity contribution is 5.51. The maximum atomic E-state index is 13.2. The average Bonchev–Trinajstić information content (AvgIpc) is 3.29. The van der Waals surface area contributed by atoms with Gasteiger partial charge in [0, 0.05) is 23.2 Å². The number of benzene rings is 1. The molecule has 2 aromatic heterocycles. The minimum Gasteiger partial charge on any atom is -0.339 e. The zero-order valence-electron chi connectivity index (χ0n) is 14.1. The Kier molecular flexibility index (Phi) is 4.32. The normalized spacial score (nSPS) is 16.3. The van der Waals surface area contributed by atoms with Crippen LogP contribution in [0.2, 0.25) is 0 Å². The molecule has 4 rings (SSSR count). The second-order valence-corrected chi connectivity index (χ2v) is 6.34. The van der Waals surface area contributed by atoms with Crippen molar-refractivity contribution in [2.45, 2.75) is 25.2 Å². The van der Waals surface area contributed by atoms with Gasteiger partial charge in [-0.25, -0.2) is 4.39 Å². The molecule has 0 saturated heterocycles. The lowest BCUT2D eigenvalue weighted by Crippen LogP contribution is -1.93. The zero-order chi connectivity index (χ0) is 17.9. The molecular weight excluding hydrogens is 329 g/mol. The van der Waals surface area contributed by atoms with Gasteiger partial charge in [-0.1, -0.05) is 35.2 Å². The fraction of sp³-hybridized carbons (Fsp3) is 0.190. The van der Waals surface area contributed by atoms with Crippen molar-refractivity contribution in [3.63, 3.8) is 0 Å². The van der Waals surface area contributed by atoms with Crippen LogP contribution in [0.3, 0.4) is 0 Å². The van der Waals surface area contributed by atoms with E-state index in [4.69, 9.17) is 4.52 Å². The van der Waals surface area contributed by atoms with Crippen LogP contribution < -0.4 is 0 Å². The van der Waals surface area contributed by atoms with Gasteiger partial charge in [0.05, 0.1) is 0 Å². The first-order valence-electron chi connectivity index (χ1n) is 8.41. The van der Waals surface area contributed by atoms with Crippen LogP contribution in [0.5, 0.6) is 0 Å². The molecule has 2 heterocycles. The first kappa shape index (κ1) is 16.2. The van der Waals surface area contributed by atoms with Gasteiger partial charge < -0.3 is 4.52 Å². The van der Waals surface area contributed by atoms with Crippen molar-refractivity contribution in [3.05, 3.63) is 77.6 Å². The lowest BCUT2D eigenvalue weighted by atomic mass is 10.1. The third-order valence-corrected chi connectivity index (χ3v) is 4.34. The van der Waals surface area contributed by atoms with Crippen molar-refractivity contribution in [1.29, 1.82) is 0 Å². The number of halogens is 1. The molecule has 5 heteroatoms. The van der Waals surface area contributed by atoms with Crippen LogP contribution in [0.25, 0.3) is 11.5 Å². The van der Waals surface area contributed by atoms with E-state index >= 15 is 0 Å². The Morgan fingerprint density at radius 3 is 2.77 bits per heavy atom. The maximum Gasteiger partial charge on any atom is 0.230 e. The Labute approximate surface area is 150 Å². The summed E-state index contributed by atoms with van der Waals surface area (Å²) < 4.78 is 18.6. The van der Waals surface area contributed by atoms with Crippen LogP contribution in [0.4, 0.5) is 4.39 Å². The number of aromatic nitrogens is 3. The molecule has 1 aromatic carbocycles. The monoisotopic (exact) mass is 345 g/mol. The Balaban J connectivity index is 1.50. The average molecular weight is 345 g/mol. The van der Waals surface area contributed by atoms with Gasteiger partial charge in [0.15, 0.2) is 0 Å². The summed E-state index contributed by atoms with van der Waals surface area (Å²) in [6.45, 7) is 4.01. The highest BCUT2D eigenvalue weighted by Crippen LogP contribution is 2.36. The van der Waals surface area contributed by atoms with Crippen LogP contribution >= 0.6 is 0 Å². The number of hydrogen-bond acceptors (Lipinski definition) is 4. The third kappa shape index (κ3) is 3.55. The maximum absolute atomic E-state index is 13.2. The molecule has 0 bridgehead atoms. The van der Waals surface area contributed by atoms with Crippen LogP contribution in [-0.4, -0.2) is 15.1 Å². The highest BCUT2D eigenvalue weighted by atomic mass is 19.1. The number of allylic oxidation sites excluding steroid dienone is 1. The smallest absolute Gasteiger partial charge is 0.230 e. The van der Waals surface area contributed by atoms with Gasteiger partial charge in [0.1, 0.15) is 11.5 Å². The first-order valence-corrected chi connectivity index (χ1v) is 8.41. The van der Waals surface area contributed by atoms with Gasteiger partial charge in [0.25, 0.3) is 0 Å². The first-order chi connectivity index (χ1) is 12.7. The second kappa shape index (κ2) is 6.93. The standard InChI is InChI=1S/C21H16FN3O/c1-14-5-9-17(11-14)21-24-20(25-26-21)19-10-8-16(13-23-19)7-6-15-3-2-4-18(22)12-15/h2-4,8,10,12-13,17H,1,5,9,11H2/t17-/m0/s1. The Hall–Kier alpha value is -3.26. The molecule has 0 spiro atoms. The van der Waals surface area contributed by atoms with Gasteiger partial charge in [-0.3, -0.25) is 4.98 Å². The number of rotatable bonds is 2. The van der Waals surface area contributed by atoms with E-state index in [0.29, 0.717) is 23.0 Å². The van der Waals surface area contributed by atoms with Crippen LogP contribution in [0.1, 0.15) is 42.2 Å². The quantitative estimate of drug-likeness (QED) is 0.507. The third-order valence-electron chi connectivity index (χ3n) is 4.34. The van der Waals surface area contributed by atoms with E-state index in [-0.39, 0.29) is 11.7 Å². The summed E-state index contributed by atoms with van der Waals surface area (Å²) in [5, 5.41) is 4.03. The molecule has 0 aliphatic heterocycles. The van der Waals surface area contributed by atoms with Gasteiger partial charge in [-0.05, 0) is 49.6 Å². The van der Waals surface area contributed by atoms with Crippen molar-refractivity contribution in [2.24, 2.45) is 0 Å². The van der Waals surface area contributed by atoms with Crippen molar-refractivity contribution in [1.82, 2.24) is 15.1 Å². The van der Waals surface area contributed by atoms with Crippen molar-refractivity contribution < 1.29 is 8.91 Å². The highest BCUT2D eigenvalue weighted by Gasteiger charge is 2.25. The molecule has 1 saturated carbocycles. The second-order valence-electron chi connectivity index (χ2n) is 6.34. The Morgan fingerprint density at radius 2 is 2.04 bits per heavy atom. The minimum atomic E-state index is -0.302. The molecule has 0 unspecified atom stereocenters. The molecule has 1 atom stereocenters. The number of pyridine rings is 1. The zero-order valence-corrected chi connectivity index (χ0v) is 14.1. The molecule has 1 aliphatic carbocycles. The van der Waals surface area contributed by atoms with Gasteiger partial charge in [-0.15, -0.1) is 0 Å². The molecule has 1 aliphatic rings. The molecule has 26 heavy (non-hydrogen) atoms. The van der Waals surface area contributed by atoms with Crippen molar-refractivity contribution in [3.8, 4) is 23.4 Å². The van der Waals surface area contributed by atoms with Crippen LogP contribution in [0.15, 0.2) is 59.3 Å². The largest absolute Gasteiger partial charge is 0.339 e. The van der Waals surface area contributed by atoms with E-state index in [2.05, 4.69) is 33.5 Å². The van der Waals surface area contributed by atoms with E-state index < -0.39 is 0 Å². The molecule has 0 amide bonds. The minimum absolute atomic E-state index is 0.264. The summed E-state index contributed by atoms with van der Waals surface area (Å²) >= 11 is 0. The van der Waals surface area contributed by atoms with Crippen molar-refractivity contribution >= 4 is 0 Å². The Bertz CT molecular complexity index is 1010. The molecule has 4 nitrogen and oxygen atoms in total. The predicted octanol–water partition coefficient (Wildman–Crippen LogP) is 4.49. The SMILES string of the molecule is C=C1CC[C@H](c2nc(-c3ccc(C#Cc4cccc(F)c4)cn3)no2)C1. The van der Waals surface area contributed by atoms with Crippen molar-refractivity contribution in [2.75, 3.05) is 0 Å². The Morgan fingerprint density at radius 1 is 1.15 bits per heavy atom. The summed E-state index contributed by atoms with van der Waals surface area (Å²) in [7, 11) is 0. The summed E-state index contributed by atoms with van der Waals surface area (Å²) in [5.74, 6) is 6.97. The van der Waals surface area contributed by atoms with Gasteiger partial charge in [-0.2, -0.15) is 4.98 Å². The van der Waals surface area contributed by atoms with E-state index in [1.165, 1.54) is 17.7 Å². The fourth-order valence-electron chi connectivity index (χ4n) is 2.96. The summed E-state index contributed by atoms with van der Waals surface area (Å²) in [6, 6.07) is 9.82. The summed E-state index contributed by atoms with van der Waals surface area (Å²) in [6.07, 6.45) is 4.57. The lowest BCUT2D eigenvalue weighted by Gasteiger charge is -1.99. The van der Waals surface area contributed by atoms with E-state index in [9.17, 15) is 4.39 Å². The molecule has 128 valence electrons.